The van der Waals surface area contributed by atoms with Crippen LogP contribution >= 0.6 is 0 Å². The minimum atomic E-state index is -0.504. The SMILES string of the molecule is CC(C)=CC(=O)OCC(=O)Nc1ccc(C(C)C)cc1. The lowest BCUT2D eigenvalue weighted by molar-refractivity contribution is -0.142. The van der Waals surface area contributed by atoms with E-state index in [1.807, 2.05) is 24.3 Å². The van der Waals surface area contributed by atoms with Gasteiger partial charge in [-0.2, -0.15) is 0 Å². The van der Waals surface area contributed by atoms with Gasteiger partial charge in [-0.1, -0.05) is 31.6 Å². The number of allylic oxidation sites excluding steroid dienone is 1. The Morgan fingerprint density at radius 2 is 1.80 bits per heavy atom. The van der Waals surface area contributed by atoms with Crippen molar-refractivity contribution in [3.63, 3.8) is 0 Å². The quantitative estimate of drug-likeness (QED) is 0.663. The molecule has 1 aromatic rings. The lowest BCUT2D eigenvalue weighted by atomic mass is 10.0. The highest BCUT2D eigenvalue weighted by molar-refractivity contribution is 5.93. The highest BCUT2D eigenvalue weighted by Crippen LogP contribution is 2.16. The summed E-state index contributed by atoms with van der Waals surface area (Å²) < 4.78 is 4.82. The first-order valence-corrected chi connectivity index (χ1v) is 6.60. The number of carbonyl (C=O) groups excluding carboxylic acids is 2. The van der Waals surface area contributed by atoms with Crippen molar-refractivity contribution < 1.29 is 14.3 Å². The molecule has 0 aliphatic carbocycles. The lowest BCUT2D eigenvalue weighted by Gasteiger charge is -2.08. The zero-order chi connectivity index (χ0) is 15.1. The number of anilines is 1. The van der Waals surface area contributed by atoms with Crippen molar-refractivity contribution in [1.29, 1.82) is 0 Å². The minimum Gasteiger partial charge on any atom is -0.452 e. The van der Waals surface area contributed by atoms with Crippen LogP contribution in [0.25, 0.3) is 0 Å². The van der Waals surface area contributed by atoms with Crippen LogP contribution in [-0.4, -0.2) is 18.5 Å². The molecular weight excluding hydrogens is 254 g/mol. The van der Waals surface area contributed by atoms with Gasteiger partial charge in [0.2, 0.25) is 0 Å². The molecule has 0 fully saturated rings. The van der Waals surface area contributed by atoms with Crippen molar-refractivity contribution in [2.75, 3.05) is 11.9 Å². The Bertz CT molecular complexity index is 497. The second-order valence-corrected chi connectivity index (χ2v) is 5.15. The molecule has 0 radical (unpaired) electrons. The van der Waals surface area contributed by atoms with Crippen LogP contribution in [0.1, 0.15) is 39.2 Å². The summed E-state index contributed by atoms with van der Waals surface area (Å²) in [7, 11) is 0. The minimum absolute atomic E-state index is 0.283. The molecule has 1 N–H and O–H groups in total. The van der Waals surface area contributed by atoms with E-state index in [-0.39, 0.29) is 12.5 Å². The predicted molar refractivity (Wildman–Crippen MR) is 79.6 cm³/mol. The van der Waals surface area contributed by atoms with Gasteiger partial charge in [-0.3, -0.25) is 4.79 Å². The third-order valence-electron chi connectivity index (χ3n) is 2.61. The van der Waals surface area contributed by atoms with E-state index in [0.717, 1.165) is 5.57 Å². The first kappa shape index (κ1) is 16.0. The average molecular weight is 275 g/mol. The maximum absolute atomic E-state index is 11.6. The summed E-state index contributed by atoms with van der Waals surface area (Å²) in [4.78, 5) is 22.9. The molecular formula is C16H21NO3. The van der Waals surface area contributed by atoms with Crippen LogP contribution in [0.2, 0.25) is 0 Å². The largest absolute Gasteiger partial charge is 0.452 e. The van der Waals surface area contributed by atoms with Crippen LogP contribution in [0.5, 0.6) is 0 Å². The molecule has 0 saturated heterocycles. The number of hydrogen-bond acceptors (Lipinski definition) is 3. The number of rotatable bonds is 5. The molecule has 0 unspecified atom stereocenters. The monoisotopic (exact) mass is 275 g/mol. The first-order valence-electron chi connectivity index (χ1n) is 6.60. The molecule has 1 rings (SSSR count). The van der Waals surface area contributed by atoms with Crippen LogP contribution in [0.3, 0.4) is 0 Å². The molecule has 108 valence electrons. The highest BCUT2D eigenvalue weighted by atomic mass is 16.5. The Balaban J connectivity index is 2.46. The summed E-state index contributed by atoms with van der Waals surface area (Å²) >= 11 is 0. The van der Waals surface area contributed by atoms with Crippen LogP contribution in [-0.2, 0) is 14.3 Å². The van der Waals surface area contributed by atoms with E-state index < -0.39 is 5.97 Å². The van der Waals surface area contributed by atoms with Gasteiger partial charge in [-0.05, 0) is 37.5 Å². The standard InChI is InChI=1S/C16H21NO3/c1-11(2)9-16(19)20-10-15(18)17-14-7-5-13(6-8-14)12(3)4/h5-9,12H,10H2,1-4H3,(H,17,18). The van der Waals surface area contributed by atoms with Gasteiger partial charge in [0.25, 0.3) is 5.91 Å². The topological polar surface area (TPSA) is 55.4 Å². The third-order valence-corrected chi connectivity index (χ3v) is 2.61. The van der Waals surface area contributed by atoms with Crippen molar-refractivity contribution in [3.05, 3.63) is 41.5 Å². The summed E-state index contributed by atoms with van der Waals surface area (Å²) in [5.41, 5.74) is 2.73. The summed E-state index contributed by atoms with van der Waals surface area (Å²) in [5, 5.41) is 2.68. The van der Waals surface area contributed by atoms with Gasteiger partial charge in [0, 0.05) is 11.8 Å². The Morgan fingerprint density at radius 1 is 1.20 bits per heavy atom. The Morgan fingerprint density at radius 3 is 2.30 bits per heavy atom. The predicted octanol–water partition coefficient (Wildman–Crippen LogP) is 3.26. The zero-order valence-electron chi connectivity index (χ0n) is 12.4. The van der Waals surface area contributed by atoms with Crippen LogP contribution in [0, 0.1) is 0 Å². The van der Waals surface area contributed by atoms with E-state index in [1.54, 1.807) is 13.8 Å². The number of amides is 1. The first-order chi connectivity index (χ1) is 9.38. The Labute approximate surface area is 119 Å². The molecule has 20 heavy (non-hydrogen) atoms. The van der Waals surface area contributed by atoms with Crippen molar-refractivity contribution in [1.82, 2.24) is 0 Å². The van der Waals surface area contributed by atoms with Crippen LogP contribution in [0.15, 0.2) is 35.9 Å². The van der Waals surface area contributed by atoms with E-state index in [9.17, 15) is 9.59 Å². The lowest BCUT2D eigenvalue weighted by Crippen LogP contribution is -2.20. The number of nitrogens with one attached hydrogen (secondary N) is 1. The van der Waals surface area contributed by atoms with Crippen LogP contribution in [0.4, 0.5) is 5.69 Å². The molecule has 4 heteroatoms. The summed E-state index contributed by atoms with van der Waals surface area (Å²) in [6.07, 6.45) is 1.35. The average Bonchev–Trinajstić information content (AvgIpc) is 2.36. The van der Waals surface area contributed by atoms with Crippen molar-refractivity contribution >= 4 is 17.6 Å². The highest BCUT2D eigenvalue weighted by Gasteiger charge is 2.06. The van der Waals surface area contributed by atoms with E-state index in [1.165, 1.54) is 11.6 Å². The van der Waals surface area contributed by atoms with Crippen molar-refractivity contribution in [2.24, 2.45) is 0 Å². The number of esters is 1. The molecule has 0 aromatic heterocycles. The van der Waals surface area contributed by atoms with Crippen LogP contribution < -0.4 is 5.32 Å². The molecule has 0 atom stereocenters. The molecule has 1 amide bonds. The molecule has 0 aliphatic rings. The third kappa shape index (κ3) is 5.69. The van der Waals surface area contributed by atoms with Gasteiger partial charge < -0.3 is 10.1 Å². The van der Waals surface area contributed by atoms with Gasteiger partial charge >= 0.3 is 5.97 Å². The molecule has 0 aliphatic heterocycles. The number of ether oxygens (including phenoxy) is 1. The van der Waals surface area contributed by atoms with E-state index >= 15 is 0 Å². The number of hydrogen-bond donors (Lipinski definition) is 1. The van der Waals surface area contributed by atoms with Gasteiger partial charge in [-0.25, -0.2) is 4.79 Å². The Kier molecular flexibility index (Phi) is 5.97. The Hall–Kier alpha value is -2.10. The maximum Gasteiger partial charge on any atom is 0.331 e. The van der Waals surface area contributed by atoms with Crippen molar-refractivity contribution in [3.8, 4) is 0 Å². The molecule has 0 spiro atoms. The fraction of sp³-hybridized carbons (Fsp3) is 0.375. The fourth-order valence-corrected chi connectivity index (χ4v) is 1.56. The summed E-state index contributed by atoms with van der Waals surface area (Å²) in [5.74, 6) is -0.405. The molecule has 0 saturated carbocycles. The van der Waals surface area contributed by atoms with E-state index in [0.29, 0.717) is 11.6 Å². The van der Waals surface area contributed by atoms with E-state index in [2.05, 4.69) is 19.2 Å². The van der Waals surface area contributed by atoms with Gasteiger partial charge in [0.05, 0.1) is 0 Å². The molecule has 0 bridgehead atoms. The van der Waals surface area contributed by atoms with Gasteiger partial charge in [0.1, 0.15) is 0 Å². The number of carbonyl (C=O) groups is 2. The summed E-state index contributed by atoms with van der Waals surface area (Å²) in [6.45, 7) is 7.51. The molecule has 4 nitrogen and oxygen atoms in total. The smallest absolute Gasteiger partial charge is 0.331 e. The number of benzene rings is 1. The van der Waals surface area contributed by atoms with Crippen molar-refractivity contribution in [2.45, 2.75) is 33.6 Å². The second kappa shape index (κ2) is 7.48. The molecule has 1 aromatic carbocycles. The van der Waals surface area contributed by atoms with E-state index in [4.69, 9.17) is 4.74 Å². The fourth-order valence-electron chi connectivity index (χ4n) is 1.56. The molecule has 0 heterocycles. The normalized spacial score (nSPS) is 10.1. The van der Waals surface area contributed by atoms with Gasteiger partial charge in [0.15, 0.2) is 6.61 Å². The zero-order valence-corrected chi connectivity index (χ0v) is 12.4. The summed E-state index contributed by atoms with van der Waals surface area (Å²) in [6, 6.07) is 7.61. The second-order valence-electron chi connectivity index (χ2n) is 5.15. The van der Waals surface area contributed by atoms with Gasteiger partial charge in [-0.15, -0.1) is 0 Å². The maximum atomic E-state index is 11.6.